The summed E-state index contributed by atoms with van der Waals surface area (Å²) in [6, 6.07) is 8.55. The van der Waals surface area contributed by atoms with Crippen LogP contribution >= 0.6 is 11.6 Å². The second kappa shape index (κ2) is 7.40. The molecule has 29 heavy (non-hydrogen) atoms. The molecule has 1 aliphatic heterocycles. The van der Waals surface area contributed by atoms with Crippen molar-refractivity contribution in [3.63, 3.8) is 0 Å². The normalized spacial score (nSPS) is 15.2. The fourth-order valence-electron chi connectivity index (χ4n) is 3.40. The van der Waals surface area contributed by atoms with Crippen molar-refractivity contribution in [1.82, 2.24) is 9.55 Å². The van der Waals surface area contributed by atoms with Crippen LogP contribution in [-0.2, 0) is 16.0 Å². The lowest BCUT2D eigenvalue weighted by molar-refractivity contribution is -0.146. The Morgan fingerprint density at radius 1 is 1.24 bits per heavy atom. The number of carbonyl (C=O) groups is 1. The van der Waals surface area contributed by atoms with E-state index in [-0.39, 0.29) is 11.3 Å². The van der Waals surface area contributed by atoms with Gasteiger partial charge in [-0.05, 0) is 36.8 Å². The Morgan fingerprint density at radius 3 is 2.62 bits per heavy atom. The summed E-state index contributed by atoms with van der Waals surface area (Å²) in [5, 5.41) is 0.374. The van der Waals surface area contributed by atoms with Crippen LogP contribution < -0.4 is 0 Å². The Morgan fingerprint density at radius 2 is 1.97 bits per heavy atom. The van der Waals surface area contributed by atoms with Crippen LogP contribution in [0.3, 0.4) is 0 Å². The number of nitrogens with zero attached hydrogens (tertiary/aromatic N) is 3. The highest BCUT2D eigenvalue weighted by atomic mass is 35.5. The second-order valence-corrected chi connectivity index (χ2v) is 6.93. The first-order chi connectivity index (χ1) is 13.9. The number of aryl methyl sites for hydroxylation is 1. The number of aliphatic imine (C=N–C) groups is 1. The summed E-state index contributed by atoms with van der Waals surface area (Å²) in [5.74, 6) is -1.82. The van der Waals surface area contributed by atoms with Gasteiger partial charge in [0, 0.05) is 29.4 Å². The van der Waals surface area contributed by atoms with Crippen molar-refractivity contribution in [3.05, 3.63) is 81.9 Å². The van der Waals surface area contributed by atoms with Gasteiger partial charge in [0.2, 0.25) is 0 Å². The van der Waals surface area contributed by atoms with Gasteiger partial charge in [0.25, 0.3) is 6.23 Å². The van der Waals surface area contributed by atoms with Gasteiger partial charge in [-0.15, -0.1) is 0 Å². The van der Waals surface area contributed by atoms with E-state index in [1.54, 1.807) is 29.0 Å². The van der Waals surface area contributed by atoms with Crippen LogP contribution in [0.4, 0.5) is 8.78 Å². The Bertz CT molecular complexity index is 1140. The van der Waals surface area contributed by atoms with Crippen molar-refractivity contribution in [3.8, 4) is 5.69 Å². The molecule has 1 aliphatic rings. The Kier molecular flexibility index (Phi) is 4.92. The molecule has 0 N–H and O–H groups in total. The summed E-state index contributed by atoms with van der Waals surface area (Å²) >= 11 is 6.20. The SMILES string of the molecule is CCc1cnc2n1-c1ccc(Cl)cc1C(c1c(F)cccc1F)=NC2OC(C)=O. The van der Waals surface area contributed by atoms with Gasteiger partial charge in [0.15, 0.2) is 5.82 Å². The lowest BCUT2D eigenvalue weighted by Gasteiger charge is -2.15. The molecular weight excluding hydrogens is 400 g/mol. The number of rotatable bonds is 3. The van der Waals surface area contributed by atoms with E-state index in [4.69, 9.17) is 16.3 Å². The highest BCUT2D eigenvalue weighted by Crippen LogP contribution is 2.34. The average Bonchev–Trinajstić information content (AvgIpc) is 3.04. The highest BCUT2D eigenvalue weighted by molar-refractivity contribution is 6.31. The number of hydrogen-bond acceptors (Lipinski definition) is 4. The van der Waals surface area contributed by atoms with Crippen LogP contribution in [0.1, 0.15) is 42.7 Å². The number of aromatic nitrogens is 2. The highest BCUT2D eigenvalue weighted by Gasteiger charge is 2.31. The number of hydrogen-bond donors (Lipinski definition) is 0. The first-order valence-corrected chi connectivity index (χ1v) is 9.34. The van der Waals surface area contributed by atoms with Crippen molar-refractivity contribution in [2.24, 2.45) is 4.99 Å². The van der Waals surface area contributed by atoms with E-state index in [2.05, 4.69) is 9.98 Å². The molecule has 0 fully saturated rings. The first-order valence-electron chi connectivity index (χ1n) is 8.97. The van der Waals surface area contributed by atoms with Crippen LogP contribution in [0, 0.1) is 11.6 Å². The van der Waals surface area contributed by atoms with Gasteiger partial charge in [0.05, 0.1) is 17.0 Å². The van der Waals surface area contributed by atoms with Crippen molar-refractivity contribution < 1.29 is 18.3 Å². The molecule has 1 unspecified atom stereocenters. The van der Waals surface area contributed by atoms with Gasteiger partial charge in [-0.1, -0.05) is 24.6 Å². The third-order valence-electron chi connectivity index (χ3n) is 4.62. The summed E-state index contributed by atoms with van der Waals surface area (Å²) in [7, 11) is 0. The number of carbonyl (C=O) groups excluding carboxylic acids is 1. The molecule has 1 atom stereocenters. The summed E-state index contributed by atoms with van der Waals surface area (Å²) in [4.78, 5) is 20.5. The zero-order valence-electron chi connectivity index (χ0n) is 15.6. The fourth-order valence-corrected chi connectivity index (χ4v) is 3.57. The maximum atomic E-state index is 14.7. The predicted molar refractivity (Wildman–Crippen MR) is 104 cm³/mol. The molecule has 4 rings (SSSR count). The monoisotopic (exact) mass is 415 g/mol. The molecule has 0 saturated carbocycles. The smallest absolute Gasteiger partial charge is 0.304 e. The van der Waals surface area contributed by atoms with Crippen molar-refractivity contribution >= 4 is 23.3 Å². The molecule has 2 heterocycles. The molecule has 0 amide bonds. The van der Waals surface area contributed by atoms with Crippen molar-refractivity contribution in [1.29, 1.82) is 0 Å². The van der Waals surface area contributed by atoms with Gasteiger partial charge in [-0.25, -0.2) is 18.8 Å². The number of fused-ring (bicyclic) bond motifs is 3. The van der Waals surface area contributed by atoms with Gasteiger partial charge in [-0.3, -0.25) is 9.36 Å². The minimum absolute atomic E-state index is 0.00287. The van der Waals surface area contributed by atoms with E-state index in [0.717, 1.165) is 17.8 Å². The molecule has 3 aromatic rings. The molecule has 148 valence electrons. The minimum atomic E-state index is -1.17. The maximum Gasteiger partial charge on any atom is 0.304 e. The molecule has 0 bridgehead atoms. The molecule has 5 nitrogen and oxygen atoms in total. The lowest BCUT2D eigenvalue weighted by atomic mass is 9.99. The van der Waals surface area contributed by atoms with Crippen LogP contribution in [0.5, 0.6) is 0 Å². The molecule has 8 heteroatoms. The molecule has 0 saturated heterocycles. The van der Waals surface area contributed by atoms with Gasteiger partial charge in [-0.2, -0.15) is 0 Å². The molecule has 0 radical (unpaired) electrons. The molecular formula is C21H16ClF2N3O2. The van der Waals surface area contributed by atoms with Gasteiger partial charge in [0.1, 0.15) is 11.6 Å². The van der Waals surface area contributed by atoms with Gasteiger partial charge < -0.3 is 4.74 Å². The number of benzene rings is 2. The minimum Gasteiger partial charge on any atom is -0.432 e. The summed E-state index contributed by atoms with van der Waals surface area (Å²) in [6.45, 7) is 3.19. The van der Waals surface area contributed by atoms with E-state index in [1.807, 2.05) is 6.92 Å². The standard InChI is InChI=1S/C21H16ClF2N3O2/c1-3-13-10-25-20-21(29-11(2)28)26-19(18-15(23)5-4-6-16(18)24)14-9-12(22)7-8-17(14)27(13)20/h4-10,21H,3H2,1-2H3. The summed E-state index contributed by atoms with van der Waals surface area (Å²) in [5.41, 5.74) is 1.50. The van der Waals surface area contributed by atoms with Gasteiger partial charge >= 0.3 is 5.97 Å². The largest absolute Gasteiger partial charge is 0.432 e. The van der Waals surface area contributed by atoms with E-state index < -0.39 is 23.8 Å². The lowest BCUT2D eigenvalue weighted by Crippen LogP contribution is -2.13. The van der Waals surface area contributed by atoms with Crippen LogP contribution in [0.2, 0.25) is 5.02 Å². The van der Waals surface area contributed by atoms with Crippen LogP contribution in [0.15, 0.2) is 47.6 Å². The van der Waals surface area contributed by atoms with Crippen molar-refractivity contribution in [2.45, 2.75) is 26.5 Å². The number of imidazole rings is 1. The van der Waals surface area contributed by atoms with Crippen molar-refractivity contribution in [2.75, 3.05) is 0 Å². The topological polar surface area (TPSA) is 56.5 Å². The van der Waals surface area contributed by atoms with Crippen LogP contribution in [-0.4, -0.2) is 21.2 Å². The third-order valence-corrected chi connectivity index (χ3v) is 4.86. The number of esters is 1. The Balaban J connectivity index is 2.09. The van der Waals surface area contributed by atoms with Crippen LogP contribution in [0.25, 0.3) is 5.69 Å². The first kappa shape index (κ1) is 19.3. The number of halogens is 3. The maximum absolute atomic E-state index is 14.7. The fraction of sp³-hybridized carbons (Fsp3) is 0.190. The second-order valence-electron chi connectivity index (χ2n) is 6.49. The molecule has 0 aliphatic carbocycles. The Labute approximate surface area is 170 Å². The van der Waals surface area contributed by atoms with E-state index in [0.29, 0.717) is 28.5 Å². The third kappa shape index (κ3) is 3.31. The zero-order valence-corrected chi connectivity index (χ0v) is 16.4. The predicted octanol–water partition coefficient (Wildman–Crippen LogP) is 4.78. The molecule has 1 aromatic heterocycles. The molecule has 0 spiro atoms. The summed E-state index contributed by atoms with van der Waals surface area (Å²) in [6.07, 6.45) is 1.12. The van der Waals surface area contributed by atoms with E-state index in [1.165, 1.54) is 13.0 Å². The van der Waals surface area contributed by atoms with E-state index >= 15 is 0 Å². The quantitative estimate of drug-likeness (QED) is 0.578. The Hall–Kier alpha value is -3.06. The molecule has 2 aromatic carbocycles. The summed E-state index contributed by atoms with van der Waals surface area (Å²) < 4.78 is 36.5. The zero-order chi connectivity index (χ0) is 20.7. The average molecular weight is 416 g/mol. The van der Waals surface area contributed by atoms with E-state index in [9.17, 15) is 13.6 Å². The number of ether oxygens (including phenoxy) is 1.